The van der Waals surface area contributed by atoms with Crippen LogP contribution in [-0.4, -0.2) is 66.6 Å². The molecule has 0 heterocycles. The second-order valence-electron chi connectivity index (χ2n) is 6.64. The predicted octanol–water partition coefficient (Wildman–Crippen LogP) is 9.35. The molecule has 0 atom stereocenters. The van der Waals surface area contributed by atoms with Gasteiger partial charge < -0.3 is 0 Å². The van der Waals surface area contributed by atoms with Gasteiger partial charge in [0.15, 0.2) is 0 Å². The Balaban J connectivity index is 8.41. The van der Waals surface area contributed by atoms with Crippen molar-refractivity contribution in [2.45, 2.75) is 58.9 Å². The summed E-state index contributed by atoms with van der Waals surface area (Å²) in [5, 5.41) is 0. The van der Waals surface area contributed by atoms with E-state index in [2.05, 4.69) is 0 Å². The molecule has 0 fully saturated rings. The van der Waals surface area contributed by atoms with Gasteiger partial charge in [-0.05, 0) is 8.39 Å². The summed E-state index contributed by atoms with van der Waals surface area (Å²) >= 11 is 0. The molecular weight excluding hydrogens is 673 g/mol. The van der Waals surface area contributed by atoms with E-state index >= 15 is 0 Å². The van der Waals surface area contributed by atoms with Crippen molar-refractivity contribution in [2.75, 3.05) is 0 Å². The maximum atomic E-state index is 14.2. The highest BCUT2D eigenvalue weighted by molar-refractivity contribution is 8.03. The van der Waals surface area contributed by atoms with Crippen LogP contribution in [0.3, 0.4) is 0 Å². The fourth-order valence-electron chi connectivity index (χ4n) is 2.53. The average Bonchev–Trinajstić information content (AvgIpc) is 2.54. The Kier molecular flexibility index (Phi) is 8.40. The Morgan fingerprint density at radius 2 is 0.632 bits per heavy atom. The molecule has 0 nitrogen and oxygen atoms in total. The molecule has 0 rings (SSSR count). The van der Waals surface area contributed by atoms with E-state index < -0.39 is 74.0 Å². The average molecular weight is 673 g/mol. The largest absolute Gasteiger partial charge is 0.618 e. The predicted molar refractivity (Wildman–Crippen MR) is 68.8 cm³/mol. The Morgan fingerprint density at radius 3 is 0.816 bits per heavy atom. The van der Waals surface area contributed by atoms with E-state index in [9.17, 15) is 114 Å². The van der Waals surface area contributed by atoms with E-state index in [1.807, 2.05) is 0 Å². The Labute approximate surface area is 189 Å². The number of alkyl halides is 24. The zero-order valence-corrected chi connectivity index (χ0v) is 17.7. The lowest BCUT2D eigenvalue weighted by Crippen LogP contribution is -2.82. The van der Waals surface area contributed by atoms with Gasteiger partial charge in [-0.1, -0.05) is 0 Å². The van der Waals surface area contributed by atoms with Crippen LogP contribution in [0.2, 0.25) is 0 Å². The van der Waals surface area contributed by atoms with E-state index in [1.165, 1.54) is 0 Å². The summed E-state index contributed by atoms with van der Waals surface area (Å²) in [6.45, 7) is 0. The second-order valence-corrected chi connectivity index (χ2v) is 15.1. The van der Waals surface area contributed by atoms with Crippen LogP contribution in [0, 0.1) is 0 Å². The van der Waals surface area contributed by atoms with Crippen molar-refractivity contribution < 1.29 is 114 Å². The van der Waals surface area contributed by atoms with E-state index in [0.717, 1.165) is 0 Å². The minimum absolute atomic E-state index is 8.58. The van der Waals surface area contributed by atoms with Crippen molar-refractivity contribution in [3.63, 3.8) is 0 Å². The molecule has 0 bridgehead atoms. The number of hydrogen-bond donors (Lipinski definition) is 0. The van der Waals surface area contributed by atoms with Crippen LogP contribution in [0.4, 0.5) is 114 Å². The molecular formula is C10F26PSi+. The highest BCUT2D eigenvalue weighted by Crippen LogP contribution is 2.90. The van der Waals surface area contributed by atoms with Gasteiger partial charge >= 0.3 is 74.0 Å². The first kappa shape index (κ1) is 36.8. The minimum atomic E-state index is -12.5. The van der Waals surface area contributed by atoms with Crippen LogP contribution in [0.5, 0.6) is 0 Å². The van der Waals surface area contributed by atoms with Crippen LogP contribution in [0.25, 0.3) is 0 Å². The van der Waals surface area contributed by atoms with Crippen molar-refractivity contribution in [3.8, 4) is 0 Å². The van der Waals surface area contributed by atoms with Gasteiger partial charge in [-0.25, -0.2) is 4.39 Å². The number of rotatable bonds is 6. The summed E-state index contributed by atoms with van der Waals surface area (Å²) in [5.74, 6) is -37.7. The third-order valence-corrected chi connectivity index (χ3v) is 14.8. The molecule has 28 heteroatoms. The molecule has 0 aromatic heterocycles. The lowest BCUT2D eigenvalue weighted by atomic mass is 9.96. The van der Waals surface area contributed by atoms with Gasteiger partial charge in [0, 0.05) is 0 Å². The lowest BCUT2D eigenvalue weighted by molar-refractivity contribution is -0.417. The van der Waals surface area contributed by atoms with Crippen LogP contribution < -0.4 is 0 Å². The zero-order valence-electron chi connectivity index (χ0n) is 15.8. The van der Waals surface area contributed by atoms with E-state index in [0.29, 0.717) is 0 Å². The zero-order chi connectivity index (χ0) is 32.0. The summed E-state index contributed by atoms with van der Waals surface area (Å²) in [4.78, 5) is 0. The maximum absolute atomic E-state index is 14.2. The lowest BCUT2D eigenvalue weighted by Gasteiger charge is -2.44. The number of halogens is 26. The summed E-state index contributed by atoms with van der Waals surface area (Å²) in [6, 6.07) is 0. The van der Waals surface area contributed by atoms with Crippen molar-refractivity contribution in [1.29, 1.82) is 0 Å². The molecule has 0 saturated heterocycles. The van der Waals surface area contributed by atoms with Crippen molar-refractivity contribution in [1.82, 2.24) is 0 Å². The third-order valence-electron chi connectivity index (χ3n) is 4.39. The maximum Gasteiger partial charge on any atom is 0.618 e. The quantitative estimate of drug-likeness (QED) is 0.150. The fraction of sp³-hybridized carbons (Fsp3) is 1.00. The molecule has 0 amide bonds. The van der Waals surface area contributed by atoms with Crippen LogP contribution >= 0.6 is 7.43 Å². The topological polar surface area (TPSA) is 0 Å². The Bertz CT molecular complexity index is 833. The normalized spacial score (nSPS) is 17.2. The summed E-state index contributed by atoms with van der Waals surface area (Å²) < 4.78 is 339. The van der Waals surface area contributed by atoms with Crippen LogP contribution in [-0.2, 0) is 0 Å². The first-order chi connectivity index (χ1) is 15.8. The monoisotopic (exact) mass is 673 g/mol. The summed E-state index contributed by atoms with van der Waals surface area (Å²) in [5.41, 5.74) is -29.0. The highest BCUT2D eigenvalue weighted by Gasteiger charge is 3.15. The van der Waals surface area contributed by atoms with Gasteiger partial charge in [-0.15, -0.1) is 0 Å². The van der Waals surface area contributed by atoms with Crippen LogP contribution in [0.15, 0.2) is 0 Å². The number of hydrogen-bond acceptors (Lipinski definition) is 0. The van der Waals surface area contributed by atoms with Gasteiger partial charge in [0.1, 0.15) is 0 Å². The fourth-order valence-corrected chi connectivity index (χ4v) is 11.1. The molecule has 0 unspecified atom stereocenters. The van der Waals surface area contributed by atoms with Crippen molar-refractivity contribution >= 4 is 15.2 Å². The van der Waals surface area contributed by atoms with E-state index in [4.69, 9.17) is 0 Å². The molecule has 0 aromatic rings. The molecule has 0 aliphatic carbocycles. The minimum Gasteiger partial charge on any atom is -0.216 e. The van der Waals surface area contributed by atoms with Gasteiger partial charge in [-0.3, -0.25) is 0 Å². The SMILES string of the molecule is FC(F)(F)C(F)(F)C(F)(F)[Si](C(F)(F)F)(C(F)(F)F)[P+](F)(F)C(F)(F)C(F)(F)C(F)(C(F)(F)F)C(F)(F)F. The van der Waals surface area contributed by atoms with E-state index in [-0.39, 0.29) is 0 Å². The molecule has 38 heavy (non-hydrogen) atoms. The van der Waals surface area contributed by atoms with E-state index in [1.54, 1.807) is 0 Å². The summed E-state index contributed by atoms with van der Waals surface area (Å²) in [6.07, 6.45) is -26.1. The molecule has 0 N–H and O–H groups in total. The second kappa shape index (κ2) is 8.66. The molecule has 0 saturated carbocycles. The van der Waals surface area contributed by atoms with Crippen molar-refractivity contribution in [3.05, 3.63) is 0 Å². The molecule has 0 radical (unpaired) electrons. The molecule has 0 aliphatic rings. The Morgan fingerprint density at radius 1 is 0.368 bits per heavy atom. The standard InChI is InChI=1S/C10F26PSi/c11-1(4(16,17)18,5(19,20)21)2(12,13)7(25,26)37(35,36)38(9(29,30)31,10(32,33)34)8(27,28)3(14,15)6(22,23)24/q+1. The van der Waals surface area contributed by atoms with Gasteiger partial charge in [0.05, 0.1) is 0 Å². The molecule has 0 spiro atoms. The summed E-state index contributed by atoms with van der Waals surface area (Å²) in [7, 11) is -24.4. The highest BCUT2D eigenvalue weighted by atomic mass is 31.5. The van der Waals surface area contributed by atoms with Crippen LogP contribution in [0.1, 0.15) is 0 Å². The smallest absolute Gasteiger partial charge is 0.216 e. The van der Waals surface area contributed by atoms with Gasteiger partial charge in [0.2, 0.25) is 0 Å². The molecule has 0 aromatic carbocycles. The molecule has 230 valence electrons. The molecule has 0 aliphatic heterocycles. The van der Waals surface area contributed by atoms with Gasteiger partial charge in [-0.2, -0.15) is 101 Å². The van der Waals surface area contributed by atoms with Gasteiger partial charge in [0.25, 0.3) is 0 Å². The van der Waals surface area contributed by atoms with Crippen molar-refractivity contribution in [2.24, 2.45) is 0 Å². The first-order valence-corrected chi connectivity index (χ1v) is 12.0. The third kappa shape index (κ3) is 4.16. The first-order valence-electron chi connectivity index (χ1n) is 7.57. The Hall–Kier alpha value is -1.17.